The smallest absolute Gasteiger partial charge is 0.261 e. The van der Waals surface area contributed by atoms with Crippen LogP contribution in [-0.4, -0.2) is 49.0 Å². The van der Waals surface area contributed by atoms with Crippen LogP contribution in [0.2, 0.25) is 0 Å². The third kappa shape index (κ3) is 3.36. The summed E-state index contributed by atoms with van der Waals surface area (Å²) in [7, 11) is 1.55. The van der Waals surface area contributed by atoms with E-state index in [1.807, 2.05) is 0 Å². The van der Waals surface area contributed by atoms with Crippen molar-refractivity contribution in [1.82, 2.24) is 4.90 Å². The highest BCUT2D eigenvalue weighted by atomic mass is 16.5. The van der Waals surface area contributed by atoms with Crippen molar-refractivity contribution < 1.29 is 23.9 Å². The highest BCUT2D eigenvalue weighted by Crippen LogP contribution is 2.26. The molecule has 3 amide bonds. The number of rotatable bonds is 5. The van der Waals surface area contributed by atoms with E-state index in [-0.39, 0.29) is 35.9 Å². The molecule has 7 heteroatoms. The number of carbonyl (C=O) groups is 3. The van der Waals surface area contributed by atoms with Gasteiger partial charge in [-0.15, -0.1) is 0 Å². The Morgan fingerprint density at radius 1 is 1.18 bits per heavy atom. The van der Waals surface area contributed by atoms with Gasteiger partial charge in [-0.25, -0.2) is 0 Å². The van der Waals surface area contributed by atoms with Gasteiger partial charge < -0.3 is 14.8 Å². The molecule has 2 aliphatic rings. The van der Waals surface area contributed by atoms with Gasteiger partial charge in [0.05, 0.1) is 30.9 Å². The molecule has 0 saturated carbocycles. The molecule has 0 spiro atoms. The molecular weight excluding hydrogens is 360 g/mol. The maximum Gasteiger partial charge on any atom is 0.261 e. The number of ether oxygens (including phenoxy) is 2. The highest BCUT2D eigenvalue weighted by Gasteiger charge is 2.37. The second-order valence-electron chi connectivity index (χ2n) is 6.80. The number of hydrogen-bond donors (Lipinski definition) is 1. The Bertz CT molecular complexity index is 950. The van der Waals surface area contributed by atoms with Crippen LogP contribution in [0.5, 0.6) is 5.75 Å². The van der Waals surface area contributed by atoms with Crippen LogP contribution in [0.4, 0.5) is 5.69 Å². The van der Waals surface area contributed by atoms with Crippen molar-refractivity contribution in [3.8, 4) is 5.75 Å². The van der Waals surface area contributed by atoms with Gasteiger partial charge >= 0.3 is 0 Å². The normalized spacial score (nSPS) is 18.3. The molecule has 4 rings (SSSR count). The molecule has 0 bridgehead atoms. The minimum atomic E-state index is -0.383. The zero-order chi connectivity index (χ0) is 19.7. The predicted octanol–water partition coefficient (Wildman–Crippen LogP) is 2.72. The van der Waals surface area contributed by atoms with Crippen LogP contribution in [0.15, 0.2) is 42.5 Å². The first-order valence-corrected chi connectivity index (χ1v) is 9.14. The number of methoxy groups -OCH3 is 1. The Balaban J connectivity index is 1.53. The summed E-state index contributed by atoms with van der Waals surface area (Å²) in [4.78, 5) is 39.1. The number of nitrogens with one attached hydrogen (secondary N) is 1. The Kier molecular flexibility index (Phi) is 4.83. The topological polar surface area (TPSA) is 84.9 Å². The third-order valence-electron chi connectivity index (χ3n) is 4.97. The summed E-state index contributed by atoms with van der Waals surface area (Å²) < 4.78 is 10.7. The maximum absolute atomic E-state index is 12.7. The van der Waals surface area contributed by atoms with Gasteiger partial charge in [0, 0.05) is 23.9 Å². The summed E-state index contributed by atoms with van der Waals surface area (Å²) in [5, 5.41) is 2.77. The summed E-state index contributed by atoms with van der Waals surface area (Å²) in [5.74, 6) is -0.465. The van der Waals surface area contributed by atoms with E-state index in [2.05, 4.69) is 5.32 Å². The first kappa shape index (κ1) is 18.2. The number of nitrogens with zero attached hydrogens (tertiary/aromatic N) is 1. The standard InChI is InChI=1S/C21H20N2O5/c1-27-15-5-2-4-14(11-15)22-19(24)13-7-8-17-18(10-13)21(26)23(20(17)25)12-16-6-3-9-28-16/h2,4-5,7-8,10-11,16H,3,6,9,12H2,1H3,(H,22,24)/t16-/m0/s1. The summed E-state index contributed by atoms with van der Waals surface area (Å²) in [6.07, 6.45) is 1.65. The molecule has 0 radical (unpaired) electrons. The largest absolute Gasteiger partial charge is 0.497 e. The van der Waals surface area contributed by atoms with Crippen molar-refractivity contribution in [2.45, 2.75) is 18.9 Å². The van der Waals surface area contributed by atoms with Crippen LogP contribution in [0.1, 0.15) is 43.9 Å². The summed E-state index contributed by atoms with van der Waals surface area (Å²) in [6, 6.07) is 11.5. The van der Waals surface area contributed by atoms with Crippen LogP contribution in [0, 0.1) is 0 Å². The predicted molar refractivity (Wildman–Crippen MR) is 102 cm³/mol. The number of amides is 3. The summed E-state index contributed by atoms with van der Waals surface area (Å²) >= 11 is 0. The van der Waals surface area contributed by atoms with Gasteiger partial charge in [-0.3, -0.25) is 19.3 Å². The lowest BCUT2D eigenvalue weighted by atomic mass is 10.1. The zero-order valence-electron chi connectivity index (χ0n) is 15.4. The molecule has 0 aliphatic carbocycles. The Morgan fingerprint density at radius 2 is 2.00 bits per heavy atom. The van der Waals surface area contributed by atoms with Crippen molar-refractivity contribution in [3.63, 3.8) is 0 Å². The van der Waals surface area contributed by atoms with Gasteiger partial charge in [0.15, 0.2) is 0 Å². The van der Waals surface area contributed by atoms with E-state index >= 15 is 0 Å². The highest BCUT2D eigenvalue weighted by molar-refractivity contribution is 6.22. The van der Waals surface area contributed by atoms with Crippen LogP contribution in [0.25, 0.3) is 0 Å². The van der Waals surface area contributed by atoms with Crippen LogP contribution in [-0.2, 0) is 4.74 Å². The molecule has 2 aromatic carbocycles. The van der Waals surface area contributed by atoms with Gasteiger partial charge in [-0.1, -0.05) is 6.07 Å². The minimum Gasteiger partial charge on any atom is -0.497 e. The number of imide groups is 1. The van der Waals surface area contributed by atoms with Crippen LogP contribution < -0.4 is 10.1 Å². The molecule has 1 atom stereocenters. The Hall–Kier alpha value is -3.19. The number of fused-ring (bicyclic) bond motifs is 1. The average Bonchev–Trinajstić information content (AvgIpc) is 3.31. The minimum absolute atomic E-state index is 0.113. The quantitative estimate of drug-likeness (QED) is 0.807. The second-order valence-corrected chi connectivity index (χ2v) is 6.80. The van der Waals surface area contributed by atoms with Gasteiger partial charge in [-0.2, -0.15) is 0 Å². The van der Waals surface area contributed by atoms with Crippen molar-refractivity contribution in [2.75, 3.05) is 25.6 Å². The molecule has 1 N–H and O–H groups in total. The Morgan fingerprint density at radius 3 is 2.75 bits per heavy atom. The van der Waals surface area contributed by atoms with Crippen molar-refractivity contribution in [1.29, 1.82) is 0 Å². The van der Waals surface area contributed by atoms with Crippen LogP contribution >= 0.6 is 0 Å². The molecule has 1 saturated heterocycles. The van der Waals surface area contributed by atoms with E-state index in [0.29, 0.717) is 29.2 Å². The summed E-state index contributed by atoms with van der Waals surface area (Å²) in [5.41, 5.74) is 1.45. The molecular formula is C21H20N2O5. The van der Waals surface area contributed by atoms with Gasteiger partial charge in [0.25, 0.3) is 17.7 Å². The van der Waals surface area contributed by atoms with E-state index in [4.69, 9.17) is 9.47 Å². The molecule has 2 aliphatic heterocycles. The monoisotopic (exact) mass is 380 g/mol. The Labute approximate surface area is 162 Å². The number of hydrogen-bond acceptors (Lipinski definition) is 5. The third-order valence-corrected chi connectivity index (χ3v) is 4.97. The first-order valence-electron chi connectivity index (χ1n) is 9.14. The fraction of sp³-hybridized carbons (Fsp3) is 0.286. The fourth-order valence-electron chi connectivity index (χ4n) is 3.49. The van der Waals surface area contributed by atoms with Gasteiger partial charge in [0.2, 0.25) is 0 Å². The van der Waals surface area contributed by atoms with E-state index in [1.165, 1.54) is 17.0 Å². The number of benzene rings is 2. The maximum atomic E-state index is 12.7. The lowest BCUT2D eigenvalue weighted by Crippen LogP contribution is -2.36. The van der Waals surface area contributed by atoms with Gasteiger partial charge in [-0.05, 0) is 43.2 Å². The SMILES string of the molecule is COc1cccc(NC(=O)c2ccc3c(c2)C(=O)N(C[C@@H]2CCCO2)C3=O)c1. The summed E-state index contributed by atoms with van der Waals surface area (Å²) in [6.45, 7) is 0.903. The lowest BCUT2D eigenvalue weighted by molar-refractivity contribution is 0.0475. The van der Waals surface area contributed by atoms with Crippen molar-refractivity contribution in [3.05, 3.63) is 59.2 Å². The lowest BCUT2D eigenvalue weighted by Gasteiger charge is -2.17. The molecule has 0 aromatic heterocycles. The first-order chi connectivity index (χ1) is 13.6. The molecule has 1 fully saturated rings. The molecule has 144 valence electrons. The van der Waals surface area contributed by atoms with Crippen molar-refractivity contribution >= 4 is 23.4 Å². The number of carbonyl (C=O) groups excluding carboxylic acids is 3. The molecule has 0 unspecified atom stereocenters. The van der Waals surface area contributed by atoms with E-state index in [1.54, 1.807) is 37.4 Å². The van der Waals surface area contributed by atoms with E-state index in [9.17, 15) is 14.4 Å². The second kappa shape index (κ2) is 7.44. The van der Waals surface area contributed by atoms with Crippen LogP contribution in [0.3, 0.4) is 0 Å². The van der Waals surface area contributed by atoms with Crippen molar-refractivity contribution in [2.24, 2.45) is 0 Å². The van der Waals surface area contributed by atoms with Gasteiger partial charge in [0.1, 0.15) is 5.75 Å². The molecule has 28 heavy (non-hydrogen) atoms. The average molecular weight is 380 g/mol. The molecule has 7 nitrogen and oxygen atoms in total. The van der Waals surface area contributed by atoms with E-state index < -0.39 is 0 Å². The number of anilines is 1. The fourth-order valence-corrected chi connectivity index (χ4v) is 3.49. The molecule has 2 aromatic rings. The molecule has 2 heterocycles. The zero-order valence-corrected chi connectivity index (χ0v) is 15.4. The van der Waals surface area contributed by atoms with E-state index in [0.717, 1.165) is 12.8 Å².